The molecule has 0 saturated heterocycles. The Morgan fingerprint density at radius 3 is 2.56 bits per heavy atom. The van der Waals surface area contributed by atoms with Crippen molar-refractivity contribution in [2.24, 2.45) is 5.10 Å². The average molecular weight is 363 g/mol. The minimum absolute atomic E-state index is 0.157. The lowest BCUT2D eigenvalue weighted by atomic mass is 10.1. The molecule has 0 unspecified atom stereocenters. The molecule has 7 heteroatoms. The van der Waals surface area contributed by atoms with Gasteiger partial charge in [0.25, 0.3) is 0 Å². The average Bonchev–Trinajstić information content (AvgIpc) is 2.70. The Hall–Kier alpha value is -3.74. The fraction of sp³-hybridized carbons (Fsp3) is 0.100. The number of hydrogen-bond acceptors (Lipinski definition) is 5. The summed E-state index contributed by atoms with van der Waals surface area (Å²) in [4.78, 5) is 36.0. The summed E-state index contributed by atoms with van der Waals surface area (Å²) in [6, 6.07) is 14.0. The van der Waals surface area contributed by atoms with Crippen LogP contribution in [0, 0.1) is 0 Å². The minimum atomic E-state index is -0.948. The molecular formula is C20H17N3O4. The summed E-state index contributed by atoms with van der Waals surface area (Å²) in [6.45, 7) is 2.02. The van der Waals surface area contributed by atoms with Gasteiger partial charge in [-0.25, -0.2) is 5.43 Å². The molecule has 1 aromatic heterocycles. The zero-order valence-corrected chi connectivity index (χ0v) is 14.6. The molecule has 2 amide bonds. The number of nitrogens with zero attached hydrogens (tertiary/aromatic N) is 1. The molecule has 2 N–H and O–H groups in total. The van der Waals surface area contributed by atoms with Crippen LogP contribution < -0.4 is 16.2 Å². The van der Waals surface area contributed by atoms with Crippen molar-refractivity contribution in [3.8, 4) is 0 Å². The molecule has 2 aromatic carbocycles. The highest BCUT2D eigenvalue weighted by Gasteiger charge is 2.13. The van der Waals surface area contributed by atoms with Crippen molar-refractivity contribution in [2.45, 2.75) is 13.3 Å². The van der Waals surface area contributed by atoms with Gasteiger partial charge in [0.15, 0.2) is 0 Å². The molecule has 0 spiro atoms. The molecule has 7 nitrogen and oxygen atoms in total. The summed E-state index contributed by atoms with van der Waals surface area (Å²) in [5, 5.41) is 6.53. The zero-order chi connectivity index (χ0) is 19.2. The van der Waals surface area contributed by atoms with Crippen molar-refractivity contribution in [1.29, 1.82) is 0 Å². The number of fused-ring (bicyclic) bond motifs is 1. The largest absolute Gasteiger partial charge is 0.463 e. The lowest BCUT2D eigenvalue weighted by molar-refractivity contribution is -0.136. The number of para-hydroxylation sites is 1. The van der Waals surface area contributed by atoms with Crippen molar-refractivity contribution in [3.05, 3.63) is 76.1 Å². The predicted molar refractivity (Wildman–Crippen MR) is 103 cm³/mol. The molecule has 0 aliphatic carbocycles. The van der Waals surface area contributed by atoms with Crippen LogP contribution in [0.3, 0.4) is 0 Å². The lowest BCUT2D eigenvalue weighted by Gasteiger charge is -2.04. The molecule has 3 rings (SSSR count). The van der Waals surface area contributed by atoms with Crippen LogP contribution in [-0.2, 0) is 16.0 Å². The van der Waals surface area contributed by atoms with Crippen molar-refractivity contribution in [1.82, 2.24) is 5.43 Å². The van der Waals surface area contributed by atoms with Gasteiger partial charge in [0.2, 0.25) is 5.43 Å². The highest BCUT2D eigenvalue weighted by Crippen LogP contribution is 2.10. The Balaban J connectivity index is 1.63. The molecule has 136 valence electrons. The summed E-state index contributed by atoms with van der Waals surface area (Å²) in [6.07, 6.45) is 3.27. The first-order chi connectivity index (χ1) is 13.1. The van der Waals surface area contributed by atoms with Crippen LogP contribution in [-0.4, -0.2) is 18.0 Å². The SMILES string of the molecule is CCc1ccc(NC(=O)C(=O)N/N=C\c2coc3ccccc3c2=O)cc1. The zero-order valence-electron chi connectivity index (χ0n) is 14.6. The van der Waals surface area contributed by atoms with Gasteiger partial charge < -0.3 is 9.73 Å². The van der Waals surface area contributed by atoms with E-state index in [0.717, 1.165) is 18.2 Å². The van der Waals surface area contributed by atoms with Gasteiger partial charge in [-0.1, -0.05) is 31.2 Å². The van der Waals surface area contributed by atoms with E-state index in [9.17, 15) is 14.4 Å². The van der Waals surface area contributed by atoms with Gasteiger partial charge in [-0.05, 0) is 36.2 Å². The fourth-order valence-corrected chi connectivity index (χ4v) is 2.40. The van der Waals surface area contributed by atoms with Gasteiger partial charge in [-0.3, -0.25) is 14.4 Å². The summed E-state index contributed by atoms with van der Waals surface area (Å²) >= 11 is 0. The molecule has 3 aromatic rings. The van der Waals surface area contributed by atoms with Gasteiger partial charge in [-0.15, -0.1) is 0 Å². The van der Waals surface area contributed by atoms with Crippen LogP contribution in [0.2, 0.25) is 0 Å². The van der Waals surface area contributed by atoms with E-state index in [2.05, 4.69) is 15.8 Å². The van der Waals surface area contributed by atoms with Gasteiger partial charge in [0.1, 0.15) is 11.8 Å². The number of nitrogens with one attached hydrogen (secondary N) is 2. The number of benzene rings is 2. The Morgan fingerprint density at radius 2 is 1.81 bits per heavy atom. The van der Waals surface area contributed by atoms with E-state index in [1.54, 1.807) is 36.4 Å². The third-order valence-electron chi connectivity index (χ3n) is 3.90. The van der Waals surface area contributed by atoms with Crippen molar-refractivity contribution in [3.63, 3.8) is 0 Å². The van der Waals surface area contributed by atoms with Gasteiger partial charge >= 0.3 is 11.8 Å². The Bertz CT molecular complexity index is 1070. The number of carbonyl (C=O) groups is 2. The first kappa shape index (κ1) is 18.1. The number of amides is 2. The fourth-order valence-electron chi connectivity index (χ4n) is 2.40. The van der Waals surface area contributed by atoms with Crippen molar-refractivity contribution in [2.75, 3.05) is 5.32 Å². The predicted octanol–water partition coefficient (Wildman–Crippen LogP) is 2.44. The number of hydrogen-bond donors (Lipinski definition) is 2. The van der Waals surface area contributed by atoms with Crippen LogP contribution in [0.4, 0.5) is 5.69 Å². The van der Waals surface area contributed by atoms with E-state index < -0.39 is 11.8 Å². The maximum absolute atomic E-state index is 12.3. The Morgan fingerprint density at radius 1 is 1.07 bits per heavy atom. The normalized spacial score (nSPS) is 10.9. The highest BCUT2D eigenvalue weighted by atomic mass is 16.3. The van der Waals surface area contributed by atoms with Crippen LogP contribution in [0.5, 0.6) is 0 Å². The number of carbonyl (C=O) groups excluding carboxylic acids is 2. The van der Waals surface area contributed by atoms with E-state index in [-0.39, 0.29) is 11.0 Å². The lowest BCUT2D eigenvalue weighted by Crippen LogP contribution is -2.32. The van der Waals surface area contributed by atoms with Gasteiger partial charge in [0, 0.05) is 5.69 Å². The standard InChI is InChI=1S/C20H17N3O4/c1-2-13-7-9-15(10-8-13)22-19(25)20(26)23-21-11-14-12-27-17-6-4-3-5-16(17)18(14)24/h3-12H,2H2,1H3,(H,22,25)(H,23,26)/b21-11-. The maximum atomic E-state index is 12.3. The van der Waals surface area contributed by atoms with E-state index >= 15 is 0 Å². The minimum Gasteiger partial charge on any atom is -0.463 e. The second-order valence-corrected chi connectivity index (χ2v) is 5.72. The first-order valence-corrected chi connectivity index (χ1v) is 8.32. The van der Waals surface area contributed by atoms with Crippen LogP contribution in [0.25, 0.3) is 11.0 Å². The molecule has 0 radical (unpaired) electrons. The molecule has 1 heterocycles. The molecule has 0 saturated carbocycles. The summed E-state index contributed by atoms with van der Waals surface area (Å²) in [7, 11) is 0. The van der Waals surface area contributed by atoms with Crippen LogP contribution in [0.15, 0.2) is 69.1 Å². The molecule has 0 atom stereocenters. The smallest absolute Gasteiger partial charge is 0.329 e. The second kappa shape index (κ2) is 8.09. The van der Waals surface area contributed by atoms with E-state index in [1.807, 2.05) is 19.1 Å². The van der Waals surface area contributed by atoms with E-state index in [4.69, 9.17) is 4.42 Å². The molecule has 27 heavy (non-hydrogen) atoms. The third-order valence-corrected chi connectivity index (χ3v) is 3.90. The molecule has 0 fully saturated rings. The Kier molecular flexibility index (Phi) is 5.41. The van der Waals surface area contributed by atoms with Gasteiger partial charge in [-0.2, -0.15) is 5.10 Å². The first-order valence-electron chi connectivity index (χ1n) is 8.32. The van der Waals surface area contributed by atoms with Crippen LogP contribution >= 0.6 is 0 Å². The number of anilines is 1. The monoisotopic (exact) mass is 363 g/mol. The maximum Gasteiger partial charge on any atom is 0.329 e. The Labute approximate surface area is 154 Å². The molecule has 0 aliphatic heterocycles. The quantitative estimate of drug-likeness (QED) is 0.422. The molecule has 0 bridgehead atoms. The topological polar surface area (TPSA) is 101 Å². The molecule has 0 aliphatic rings. The van der Waals surface area contributed by atoms with E-state index in [0.29, 0.717) is 16.7 Å². The second-order valence-electron chi connectivity index (χ2n) is 5.72. The summed E-state index contributed by atoms with van der Waals surface area (Å²) in [5.41, 5.74) is 4.05. The van der Waals surface area contributed by atoms with E-state index in [1.165, 1.54) is 6.26 Å². The third kappa shape index (κ3) is 4.27. The van der Waals surface area contributed by atoms with Gasteiger partial charge in [0.05, 0.1) is 17.2 Å². The highest BCUT2D eigenvalue weighted by molar-refractivity contribution is 6.39. The number of hydrazone groups is 1. The summed E-state index contributed by atoms with van der Waals surface area (Å²) < 4.78 is 5.34. The van der Waals surface area contributed by atoms with Crippen LogP contribution in [0.1, 0.15) is 18.1 Å². The molecular weight excluding hydrogens is 346 g/mol. The van der Waals surface area contributed by atoms with Crippen molar-refractivity contribution < 1.29 is 14.0 Å². The summed E-state index contributed by atoms with van der Waals surface area (Å²) in [5.74, 6) is -1.81. The van der Waals surface area contributed by atoms with Crippen molar-refractivity contribution >= 4 is 34.7 Å². The number of rotatable bonds is 4. The number of aryl methyl sites for hydroxylation is 1.